The molecular weight excluding hydrogens is 544 g/mol. The Kier molecular flexibility index (Phi) is 6.64. The Morgan fingerprint density at radius 3 is 2.07 bits per heavy atom. The molecule has 0 N–H and O–H groups in total. The molecule has 1 aromatic heterocycles. The van der Waals surface area contributed by atoms with Gasteiger partial charge in [0.15, 0.2) is 0 Å². The molecule has 0 radical (unpaired) electrons. The summed E-state index contributed by atoms with van der Waals surface area (Å²) in [5.74, 6) is 0. The first kappa shape index (κ1) is 27.2. The Morgan fingerprint density at radius 2 is 1.29 bits per heavy atom. The standard InChI is InChI=1S/C43H36N2/c1-3-44-40-21-11-10-18-37(40)38-30-33(25-28-41(38)44)36-19-13-29-43(2)39(36)20-12-22-42(43)45(34-16-8-5-9-17-34)35-26-23-32(24-27-35)31-14-6-4-7-15-31/h4-28,30H,3,29H2,1-2H3. The van der Waals surface area contributed by atoms with Crippen LogP contribution in [0.25, 0.3) is 38.5 Å². The lowest BCUT2D eigenvalue weighted by molar-refractivity contribution is 0.483. The average Bonchev–Trinajstić information content (AvgIpc) is 3.42. The molecule has 0 bridgehead atoms. The Morgan fingerprint density at radius 1 is 0.644 bits per heavy atom. The number of benzene rings is 5. The zero-order chi connectivity index (χ0) is 30.4. The number of hydrogen-bond donors (Lipinski definition) is 0. The summed E-state index contributed by atoms with van der Waals surface area (Å²) in [5, 5.41) is 2.64. The van der Waals surface area contributed by atoms with Gasteiger partial charge in [0.05, 0.1) is 0 Å². The van der Waals surface area contributed by atoms with Gasteiger partial charge in [-0.3, -0.25) is 0 Å². The van der Waals surface area contributed by atoms with Crippen molar-refractivity contribution in [3.63, 3.8) is 0 Å². The molecule has 1 unspecified atom stereocenters. The molecule has 5 aromatic carbocycles. The summed E-state index contributed by atoms with van der Waals surface area (Å²) in [6, 6.07) is 46.2. The Hall–Kier alpha value is -5.34. The van der Waals surface area contributed by atoms with E-state index < -0.39 is 0 Å². The maximum absolute atomic E-state index is 2.45. The molecule has 2 aliphatic rings. The molecule has 8 rings (SSSR count). The van der Waals surface area contributed by atoms with Crippen molar-refractivity contribution in [2.24, 2.45) is 5.41 Å². The van der Waals surface area contributed by atoms with Gasteiger partial charge in [0.2, 0.25) is 0 Å². The van der Waals surface area contributed by atoms with E-state index in [9.17, 15) is 0 Å². The lowest BCUT2D eigenvalue weighted by atomic mass is 9.68. The largest absolute Gasteiger partial charge is 0.341 e. The number of allylic oxidation sites excluding steroid dienone is 7. The molecule has 1 atom stereocenters. The fourth-order valence-electron chi connectivity index (χ4n) is 7.42. The first-order valence-electron chi connectivity index (χ1n) is 16.0. The lowest BCUT2D eigenvalue weighted by Gasteiger charge is -2.44. The Balaban J connectivity index is 1.25. The van der Waals surface area contributed by atoms with Crippen LogP contribution in [-0.4, -0.2) is 4.57 Å². The number of aromatic nitrogens is 1. The minimum Gasteiger partial charge on any atom is -0.341 e. The highest BCUT2D eigenvalue weighted by molar-refractivity contribution is 6.09. The average molecular weight is 581 g/mol. The third kappa shape index (κ3) is 4.48. The van der Waals surface area contributed by atoms with E-state index in [-0.39, 0.29) is 5.41 Å². The van der Waals surface area contributed by atoms with Crippen molar-refractivity contribution >= 4 is 38.8 Å². The number of nitrogens with zero attached hydrogens (tertiary/aromatic N) is 2. The summed E-state index contributed by atoms with van der Waals surface area (Å²) in [7, 11) is 0. The van der Waals surface area contributed by atoms with Crippen LogP contribution in [-0.2, 0) is 6.54 Å². The highest BCUT2D eigenvalue weighted by atomic mass is 15.2. The molecule has 0 saturated heterocycles. The molecule has 2 heteroatoms. The van der Waals surface area contributed by atoms with Crippen LogP contribution in [0.2, 0.25) is 0 Å². The van der Waals surface area contributed by atoms with Gasteiger partial charge in [0.1, 0.15) is 0 Å². The minimum atomic E-state index is -0.209. The maximum atomic E-state index is 2.45. The van der Waals surface area contributed by atoms with Crippen LogP contribution in [0.3, 0.4) is 0 Å². The monoisotopic (exact) mass is 580 g/mol. The summed E-state index contributed by atoms with van der Waals surface area (Å²) in [5.41, 5.74) is 12.4. The van der Waals surface area contributed by atoms with Crippen molar-refractivity contribution < 1.29 is 0 Å². The van der Waals surface area contributed by atoms with Gasteiger partial charge >= 0.3 is 0 Å². The van der Waals surface area contributed by atoms with Crippen molar-refractivity contribution in [1.29, 1.82) is 0 Å². The molecule has 0 aliphatic heterocycles. The van der Waals surface area contributed by atoms with E-state index in [1.165, 1.54) is 55.3 Å². The van der Waals surface area contributed by atoms with Gasteiger partial charge in [-0.1, -0.05) is 109 Å². The minimum absolute atomic E-state index is 0.209. The second-order valence-corrected chi connectivity index (χ2v) is 12.3. The van der Waals surface area contributed by atoms with Crippen LogP contribution in [0, 0.1) is 5.41 Å². The smallest absolute Gasteiger partial charge is 0.0491 e. The molecular formula is C43H36N2. The number of para-hydroxylation sites is 2. The van der Waals surface area contributed by atoms with Crippen LogP contribution in [0.4, 0.5) is 11.4 Å². The van der Waals surface area contributed by atoms with Gasteiger partial charge in [-0.05, 0) is 96.6 Å². The van der Waals surface area contributed by atoms with Gasteiger partial charge < -0.3 is 9.47 Å². The number of rotatable bonds is 6. The van der Waals surface area contributed by atoms with Gasteiger partial charge in [0, 0.05) is 50.8 Å². The normalized spacial score (nSPS) is 17.5. The number of fused-ring (bicyclic) bond motifs is 4. The predicted molar refractivity (Wildman–Crippen MR) is 192 cm³/mol. The van der Waals surface area contributed by atoms with E-state index in [4.69, 9.17) is 0 Å². The molecule has 218 valence electrons. The summed E-state index contributed by atoms with van der Waals surface area (Å²) < 4.78 is 2.43. The highest BCUT2D eigenvalue weighted by Crippen LogP contribution is 2.52. The Bertz CT molecular complexity index is 2160. The molecule has 1 heterocycles. The number of hydrogen-bond acceptors (Lipinski definition) is 1. The first-order chi connectivity index (χ1) is 22.2. The van der Waals surface area contributed by atoms with Gasteiger partial charge in [-0.2, -0.15) is 0 Å². The number of aryl methyl sites for hydroxylation is 1. The van der Waals surface area contributed by atoms with Crippen LogP contribution in [0.5, 0.6) is 0 Å². The highest BCUT2D eigenvalue weighted by Gasteiger charge is 2.40. The van der Waals surface area contributed by atoms with Crippen molar-refractivity contribution in [3.8, 4) is 11.1 Å². The van der Waals surface area contributed by atoms with E-state index in [0.717, 1.165) is 24.3 Å². The van der Waals surface area contributed by atoms with Crippen LogP contribution >= 0.6 is 0 Å². The summed E-state index contributed by atoms with van der Waals surface area (Å²) in [4.78, 5) is 2.45. The van der Waals surface area contributed by atoms with E-state index in [1.54, 1.807) is 0 Å². The van der Waals surface area contributed by atoms with Crippen molar-refractivity contribution in [3.05, 3.63) is 175 Å². The zero-order valence-electron chi connectivity index (χ0n) is 25.8. The maximum Gasteiger partial charge on any atom is 0.0491 e. The van der Waals surface area contributed by atoms with Crippen LogP contribution in [0.1, 0.15) is 25.8 Å². The second-order valence-electron chi connectivity index (χ2n) is 12.3. The molecule has 45 heavy (non-hydrogen) atoms. The predicted octanol–water partition coefficient (Wildman–Crippen LogP) is 11.5. The molecule has 2 aliphatic carbocycles. The van der Waals surface area contributed by atoms with Gasteiger partial charge in [0.25, 0.3) is 0 Å². The topological polar surface area (TPSA) is 8.17 Å². The van der Waals surface area contributed by atoms with Gasteiger partial charge in [-0.15, -0.1) is 0 Å². The summed E-state index contributed by atoms with van der Waals surface area (Å²) in [6.45, 7) is 5.60. The van der Waals surface area contributed by atoms with Crippen LogP contribution in [0.15, 0.2) is 169 Å². The summed E-state index contributed by atoms with van der Waals surface area (Å²) in [6.07, 6.45) is 12.5. The molecule has 2 nitrogen and oxygen atoms in total. The lowest BCUT2D eigenvalue weighted by Crippen LogP contribution is -2.34. The molecule has 0 saturated carbocycles. The third-order valence-electron chi connectivity index (χ3n) is 9.67. The molecule has 6 aromatic rings. The zero-order valence-corrected chi connectivity index (χ0v) is 25.8. The molecule has 0 fully saturated rings. The van der Waals surface area contributed by atoms with Crippen molar-refractivity contribution in [1.82, 2.24) is 4.57 Å². The second kappa shape index (κ2) is 11.0. The number of anilines is 2. The van der Waals surface area contributed by atoms with E-state index in [1.807, 2.05) is 0 Å². The quantitative estimate of drug-likeness (QED) is 0.190. The van der Waals surface area contributed by atoms with E-state index >= 15 is 0 Å². The fourth-order valence-corrected chi connectivity index (χ4v) is 7.42. The molecule has 0 amide bonds. The van der Waals surface area contributed by atoms with Gasteiger partial charge in [-0.25, -0.2) is 0 Å². The summed E-state index contributed by atoms with van der Waals surface area (Å²) >= 11 is 0. The fraction of sp³-hybridized carbons (Fsp3) is 0.116. The Labute approximate surface area is 265 Å². The van der Waals surface area contributed by atoms with E-state index in [2.05, 4.69) is 181 Å². The third-order valence-corrected chi connectivity index (χ3v) is 9.67. The van der Waals surface area contributed by atoms with Crippen LogP contribution < -0.4 is 4.90 Å². The van der Waals surface area contributed by atoms with E-state index in [0.29, 0.717) is 0 Å². The van der Waals surface area contributed by atoms with Crippen molar-refractivity contribution in [2.45, 2.75) is 26.8 Å². The first-order valence-corrected chi connectivity index (χ1v) is 16.0. The van der Waals surface area contributed by atoms with Crippen molar-refractivity contribution in [2.75, 3.05) is 4.90 Å². The SMILES string of the molecule is CCn1c2ccccc2c2cc(C3=C4C=CC=C(N(c5ccccc5)c5ccc(-c6ccccc6)cc5)C4(C)CC=C3)ccc21. The molecule has 0 spiro atoms.